The first kappa shape index (κ1) is 26.4. The van der Waals surface area contributed by atoms with Gasteiger partial charge < -0.3 is 4.90 Å². The van der Waals surface area contributed by atoms with E-state index in [4.69, 9.17) is 23.2 Å². The van der Waals surface area contributed by atoms with Crippen molar-refractivity contribution in [3.8, 4) is 16.9 Å². The molecule has 2 amide bonds. The first-order chi connectivity index (χ1) is 17.7. The van der Waals surface area contributed by atoms with E-state index in [1.165, 1.54) is 17.0 Å². The number of nitrogens with zero attached hydrogens (tertiary/aromatic N) is 3. The highest BCUT2D eigenvalue weighted by molar-refractivity contribution is 6.31. The van der Waals surface area contributed by atoms with Gasteiger partial charge in [0.25, 0.3) is 5.91 Å². The molecule has 0 atom stereocenters. The standard InChI is InChI=1S/C28H25Cl2FN4O2/c1-18(2)15-34(27(37)20-8-10-21(29)11-9-20)17-26(36)33-28-32-25(19-6-4-3-5-7-19)16-35(28)22-12-13-24(31)23(30)14-22/h3-14,16,18H,15,17H2,1-2H3,(H,32,33,36). The molecule has 6 nitrogen and oxygen atoms in total. The van der Waals surface area contributed by atoms with Crippen LogP contribution in [0.1, 0.15) is 24.2 Å². The third-order valence-electron chi connectivity index (χ3n) is 5.51. The van der Waals surface area contributed by atoms with Crippen LogP contribution in [-0.2, 0) is 4.79 Å². The zero-order chi connectivity index (χ0) is 26.5. The van der Waals surface area contributed by atoms with Crippen LogP contribution in [0.5, 0.6) is 0 Å². The molecule has 4 rings (SSSR count). The summed E-state index contributed by atoms with van der Waals surface area (Å²) in [5, 5.41) is 3.28. The molecule has 9 heteroatoms. The molecule has 190 valence electrons. The topological polar surface area (TPSA) is 67.2 Å². The van der Waals surface area contributed by atoms with E-state index >= 15 is 0 Å². The predicted molar refractivity (Wildman–Crippen MR) is 145 cm³/mol. The van der Waals surface area contributed by atoms with Gasteiger partial charge >= 0.3 is 0 Å². The molecular weight excluding hydrogens is 514 g/mol. The van der Waals surface area contributed by atoms with Crippen LogP contribution in [0, 0.1) is 11.7 Å². The number of nitrogens with one attached hydrogen (secondary N) is 1. The fraction of sp³-hybridized carbons (Fsp3) is 0.179. The van der Waals surface area contributed by atoms with E-state index in [1.54, 1.807) is 41.1 Å². The summed E-state index contributed by atoms with van der Waals surface area (Å²) in [7, 11) is 0. The number of aromatic nitrogens is 2. The lowest BCUT2D eigenvalue weighted by Crippen LogP contribution is -2.40. The van der Waals surface area contributed by atoms with E-state index in [2.05, 4.69) is 10.3 Å². The molecule has 0 aliphatic heterocycles. The molecule has 3 aromatic carbocycles. The largest absolute Gasteiger partial charge is 0.329 e. The Morgan fingerprint density at radius 1 is 1.03 bits per heavy atom. The third kappa shape index (κ3) is 6.56. The predicted octanol–water partition coefficient (Wildman–Crippen LogP) is 6.72. The number of benzene rings is 3. The van der Waals surface area contributed by atoms with Gasteiger partial charge in [0.15, 0.2) is 0 Å². The zero-order valence-corrected chi connectivity index (χ0v) is 21.8. The van der Waals surface area contributed by atoms with Gasteiger partial charge in [0, 0.05) is 28.9 Å². The fourth-order valence-electron chi connectivity index (χ4n) is 3.82. The quantitative estimate of drug-likeness (QED) is 0.270. The van der Waals surface area contributed by atoms with Gasteiger partial charge in [-0.05, 0) is 48.4 Å². The summed E-state index contributed by atoms with van der Waals surface area (Å²) in [5.41, 5.74) is 2.40. The Hall–Kier alpha value is -3.68. The van der Waals surface area contributed by atoms with Gasteiger partial charge in [0.2, 0.25) is 11.9 Å². The van der Waals surface area contributed by atoms with Crippen molar-refractivity contribution in [2.45, 2.75) is 13.8 Å². The lowest BCUT2D eigenvalue weighted by molar-refractivity contribution is -0.117. The average Bonchev–Trinajstić information content (AvgIpc) is 3.29. The molecule has 1 heterocycles. The van der Waals surface area contributed by atoms with Crippen molar-refractivity contribution < 1.29 is 14.0 Å². The second-order valence-corrected chi connectivity index (χ2v) is 9.76. The summed E-state index contributed by atoms with van der Waals surface area (Å²) in [5.74, 6) is -0.904. The third-order valence-corrected chi connectivity index (χ3v) is 6.05. The minimum absolute atomic E-state index is 0.0543. The molecule has 0 saturated carbocycles. The lowest BCUT2D eigenvalue weighted by atomic mass is 10.1. The van der Waals surface area contributed by atoms with Crippen molar-refractivity contribution in [2.24, 2.45) is 5.92 Å². The van der Waals surface area contributed by atoms with Gasteiger partial charge in [-0.25, -0.2) is 9.37 Å². The molecule has 0 aliphatic carbocycles. The van der Waals surface area contributed by atoms with E-state index in [0.29, 0.717) is 28.5 Å². The summed E-state index contributed by atoms with van der Waals surface area (Å²) in [6.45, 7) is 4.14. The SMILES string of the molecule is CC(C)CN(CC(=O)Nc1nc(-c2ccccc2)cn1-c1ccc(F)c(Cl)c1)C(=O)c1ccc(Cl)cc1. The van der Waals surface area contributed by atoms with Crippen LogP contribution in [0.25, 0.3) is 16.9 Å². The number of anilines is 1. The molecule has 0 bridgehead atoms. The number of imidazole rings is 1. The molecular formula is C28H25Cl2FN4O2. The molecule has 0 unspecified atom stereocenters. The van der Waals surface area contributed by atoms with Crippen molar-refractivity contribution in [3.05, 3.63) is 100 Å². The number of hydrogen-bond donors (Lipinski definition) is 1. The van der Waals surface area contributed by atoms with Crippen molar-refractivity contribution in [2.75, 3.05) is 18.4 Å². The highest BCUT2D eigenvalue weighted by atomic mass is 35.5. The Labute approximate surface area is 224 Å². The fourth-order valence-corrected chi connectivity index (χ4v) is 4.12. The monoisotopic (exact) mass is 538 g/mol. The summed E-state index contributed by atoms with van der Waals surface area (Å²) < 4.78 is 15.4. The molecule has 37 heavy (non-hydrogen) atoms. The molecule has 0 aliphatic rings. The number of amides is 2. The Balaban J connectivity index is 1.63. The summed E-state index contributed by atoms with van der Waals surface area (Å²) >= 11 is 12.0. The van der Waals surface area contributed by atoms with Crippen LogP contribution < -0.4 is 5.32 Å². The van der Waals surface area contributed by atoms with Crippen LogP contribution in [0.4, 0.5) is 10.3 Å². The lowest BCUT2D eigenvalue weighted by Gasteiger charge is -2.24. The van der Waals surface area contributed by atoms with Gasteiger partial charge in [-0.2, -0.15) is 0 Å². The number of rotatable bonds is 8. The maximum atomic E-state index is 13.8. The molecule has 4 aromatic rings. The normalized spacial score (nSPS) is 11.0. The maximum absolute atomic E-state index is 13.8. The Kier molecular flexibility index (Phi) is 8.26. The Bertz CT molecular complexity index is 1410. The van der Waals surface area contributed by atoms with Crippen LogP contribution in [-0.4, -0.2) is 39.4 Å². The van der Waals surface area contributed by atoms with Crippen molar-refractivity contribution in [1.82, 2.24) is 14.5 Å². The molecule has 1 aromatic heterocycles. The highest BCUT2D eigenvalue weighted by Crippen LogP contribution is 2.26. The summed E-state index contributed by atoms with van der Waals surface area (Å²) in [6.07, 6.45) is 1.74. The van der Waals surface area contributed by atoms with Gasteiger partial charge in [0.05, 0.1) is 16.4 Å². The van der Waals surface area contributed by atoms with Crippen LogP contribution in [0.15, 0.2) is 79.0 Å². The molecule has 0 fully saturated rings. The first-order valence-electron chi connectivity index (χ1n) is 11.7. The minimum atomic E-state index is -0.551. The summed E-state index contributed by atoms with van der Waals surface area (Å²) in [6, 6.07) is 20.2. The molecule has 1 N–H and O–H groups in total. The number of hydrogen-bond acceptors (Lipinski definition) is 3. The second-order valence-electron chi connectivity index (χ2n) is 8.92. The number of carbonyl (C=O) groups is 2. The highest BCUT2D eigenvalue weighted by Gasteiger charge is 2.22. The van der Waals surface area contributed by atoms with E-state index in [1.807, 2.05) is 44.2 Å². The zero-order valence-electron chi connectivity index (χ0n) is 20.3. The maximum Gasteiger partial charge on any atom is 0.254 e. The van der Waals surface area contributed by atoms with Gasteiger partial charge in [-0.3, -0.25) is 19.5 Å². The van der Waals surface area contributed by atoms with E-state index < -0.39 is 11.7 Å². The number of halogens is 3. The van der Waals surface area contributed by atoms with Crippen LogP contribution in [0.3, 0.4) is 0 Å². The Morgan fingerprint density at radius 3 is 2.38 bits per heavy atom. The summed E-state index contributed by atoms with van der Waals surface area (Å²) in [4.78, 5) is 32.4. The number of carbonyl (C=O) groups excluding carboxylic acids is 2. The van der Waals surface area contributed by atoms with E-state index in [0.717, 1.165) is 5.56 Å². The second kappa shape index (κ2) is 11.6. The van der Waals surface area contributed by atoms with Crippen molar-refractivity contribution in [1.29, 1.82) is 0 Å². The first-order valence-corrected chi connectivity index (χ1v) is 12.4. The van der Waals surface area contributed by atoms with Gasteiger partial charge in [0.1, 0.15) is 12.4 Å². The van der Waals surface area contributed by atoms with Crippen molar-refractivity contribution in [3.63, 3.8) is 0 Å². The molecule has 0 radical (unpaired) electrons. The van der Waals surface area contributed by atoms with Gasteiger partial charge in [-0.15, -0.1) is 0 Å². The van der Waals surface area contributed by atoms with E-state index in [9.17, 15) is 14.0 Å². The van der Waals surface area contributed by atoms with Gasteiger partial charge in [-0.1, -0.05) is 67.4 Å². The molecule has 0 spiro atoms. The van der Waals surface area contributed by atoms with E-state index in [-0.39, 0.29) is 29.3 Å². The van der Waals surface area contributed by atoms with Crippen LogP contribution >= 0.6 is 23.2 Å². The average molecular weight is 539 g/mol. The van der Waals surface area contributed by atoms with Crippen molar-refractivity contribution >= 4 is 41.0 Å². The smallest absolute Gasteiger partial charge is 0.254 e. The molecule has 0 saturated heterocycles. The minimum Gasteiger partial charge on any atom is -0.329 e. The Morgan fingerprint density at radius 2 is 1.73 bits per heavy atom. The van der Waals surface area contributed by atoms with Crippen LogP contribution in [0.2, 0.25) is 10.0 Å².